The quantitative estimate of drug-likeness (QED) is 0.764. The molecule has 3 rings (SSSR count). The van der Waals surface area contributed by atoms with Crippen LogP contribution in [0.1, 0.15) is 41.6 Å². The molecule has 1 aromatic heterocycles. The maximum atomic E-state index is 11.1. The Hall–Kier alpha value is -2.82. The fourth-order valence-electron chi connectivity index (χ4n) is 2.74. The Morgan fingerprint density at radius 1 is 1.21 bits per heavy atom. The van der Waals surface area contributed by atoms with Gasteiger partial charge < -0.3 is 14.4 Å². The lowest BCUT2D eigenvalue weighted by Crippen LogP contribution is -2.09. The molecule has 0 saturated carbocycles. The zero-order valence-electron chi connectivity index (χ0n) is 14.0. The highest BCUT2D eigenvalue weighted by Crippen LogP contribution is 2.23. The van der Waals surface area contributed by atoms with Gasteiger partial charge in [0.15, 0.2) is 0 Å². The van der Waals surface area contributed by atoms with E-state index in [1.165, 1.54) is 5.56 Å². The number of carboxylic acid groups (broad SMARTS) is 1. The maximum absolute atomic E-state index is 11.1. The van der Waals surface area contributed by atoms with E-state index in [-0.39, 0.29) is 11.6 Å². The van der Waals surface area contributed by atoms with E-state index >= 15 is 0 Å². The van der Waals surface area contributed by atoms with Gasteiger partial charge in [0.25, 0.3) is 0 Å². The summed E-state index contributed by atoms with van der Waals surface area (Å²) in [6.45, 7) is 6.50. The summed E-state index contributed by atoms with van der Waals surface area (Å²) in [5, 5.41) is 9.14. The molecule has 0 bridgehead atoms. The minimum atomic E-state index is -0.951. The molecule has 0 saturated heterocycles. The Labute approximate surface area is 140 Å². The van der Waals surface area contributed by atoms with Crippen LogP contribution in [0.4, 0.5) is 0 Å². The lowest BCUT2D eigenvalue weighted by molar-refractivity contribution is 0.0697. The zero-order chi connectivity index (χ0) is 17.3. The monoisotopic (exact) mass is 324 g/mol. The highest BCUT2D eigenvalue weighted by molar-refractivity contribution is 5.92. The molecule has 0 aliphatic rings. The second-order valence-electron chi connectivity index (χ2n) is 6.10. The summed E-state index contributed by atoms with van der Waals surface area (Å²) in [6, 6.07) is 13.1. The van der Waals surface area contributed by atoms with Crippen LogP contribution in [0.5, 0.6) is 5.75 Å². The van der Waals surface area contributed by atoms with Crippen molar-refractivity contribution in [1.29, 1.82) is 0 Å². The topological polar surface area (TPSA) is 64.3 Å². The van der Waals surface area contributed by atoms with Crippen molar-refractivity contribution in [2.45, 2.75) is 33.4 Å². The molecule has 0 fully saturated rings. The van der Waals surface area contributed by atoms with Gasteiger partial charge in [0.1, 0.15) is 18.2 Å². The van der Waals surface area contributed by atoms with Gasteiger partial charge >= 0.3 is 5.97 Å². The van der Waals surface area contributed by atoms with Crippen LogP contribution in [-0.2, 0) is 6.61 Å². The zero-order valence-corrected chi connectivity index (χ0v) is 14.0. The predicted molar refractivity (Wildman–Crippen MR) is 92.6 cm³/mol. The maximum Gasteiger partial charge on any atom is 0.335 e. The first-order chi connectivity index (χ1) is 11.5. The Bertz CT molecular complexity index is 880. The summed E-state index contributed by atoms with van der Waals surface area (Å²) < 4.78 is 7.92. The number of carbonyl (C=O) groups is 1. The SMILES string of the molecule is Cc1ccc(OCc2nc3cc(C(=O)O)ccc3n2C(C)C)cc1. The number of nitrogens with zero attached hydrogens (tertiary/aromatic N) is 2. The molecule has 24 heavy (non-hydrogen) atoms. The van der Waals surface area contributed by atoms with Crippen molar-refractivity contribution < 1.29 is 14.6 Å². The summed E-state index contributed by atoms with van der Waals surface area (Å²) in [6.07, 6.45) is 0. The van der Waals surface area contributed by atoms with Crippen LogP contribution < -0.4 is 4.74 Å². The summed E-state index contributed by atoms with van der Waals surface area (Å²) in [5.74, 6) is 0.616. The van der Waals surface area contributed by atoms with E-state index in [9.17, 15) is 4.79 Å². The van der Waals surface area contributed by atoms with Gasteiger partial charge in [-0.3, -0.25) is 0 Å². The number of carboxylic acids is 1. The van der Waals surface area contributed by atoms with E-state index in [2.05, 4.69) is 23.4 Å². The van der Waals surface area contributed by atoms with Gasteiger partial charge in [-0.15, -0.1) is 0 Å². The van der Waals surface area contributed by atoms with Gasteiger partial charge in [-0.2, -0.15) is 0 Å². The van der Waals surface area contributed by atoms with E-state index in [1.807, 2.05) is 31.2 Å². The highest BCUT2D eigenvalue weighted by atomic mass is 16.5. The summed E-state index contributed by atoms with van der Waals surface area (Å²) >= 11 is 0. The molecule has 3 aromatic rings. The van der Waals surface area contributed by atoms with E-state index in [0.29, 0.717) is 12.1 Å². The summed E-state index contributed by atoms with van der Waals surface area (Å²) in [4.78, 5) is 15.7. The van der Waals surface area contributed by atoms with Crippen molar-refractivity contribution in [3.63, 3.8) is 0 Å². The second-order valence-corrected chi connectivity index (χ2v) is 6.10. The van der Waals surface area contributed by atoms with Crippen LogP contribution in [0.25, 0.3) is 11.0 Å². The number of ether oxygens (including phenoxy) is 1. The third kappa shape index (κ3) is 3.11. The number of hydrogen-bond acceptors (Lipinski definition) is 3. The van der Waals surface area contributed by atoms with Gasteiger partial charge in [-0.05, 0) is 51.1 Å². The van der Waals surface area contributed by atoms with Crippen LogP contribution in [0.15, 0.2) is 42.5 Å². The first kappa shape index (κ1) is 16.1. The highest BCUT2D eigenvalue weighted by Gasteiger charge is 2.15. The lowest BCUT2D eigenvalue weighted by Gasteiger charge is -2.13. The van der Waals surface area contributed by atoms with Gasteiger partial charge in [0.2, 0.25) is 0 Å². The number of aryl methyl sites for hydroxylation is 1. The van der Waals surface area contributed by atoms with Gasteiger partial charge in [0, 0.05) is 6.04 Å². The van der Waals surface area contributed by atoms with Crippen LogP contribution in [0.3, 0.4) is 0 Å². The third-order valence-corrected chi connectivity index (χ3v) is 3.91. The van der Waals surface area contributed by atoms with E-state index in [0.717, 1.165) is 17.1 Å². The number of hydrogen-bond donors (Lipinski definition) is 1. The third-order valence-electron chi connectivity index (χ3n) is 3.91. The molecule has 0 atom stereocenters. The fourth-order valence-corrected chi connectivity index (χ4v) is 2.74. The molecule has 5 heteroatoms. The Balaban J connectivity index is 1.95. The van der Waals surface area contributed by atoms with Gasteiger partial charge in [0.05, 0.1) is 16.6 Å². The number of imidazole rings is 1. The number of rotatable bonds is 5. The minimum absolute atomic E-state index is 0.197. The molecule has 1 N–H and O–H groups in total. The number of benzene rings is 2. The van der Waals surface area contributed by atoms with E-state index in [1.54, 1.807) is 18.2 Å². The van der Waals surface area contributed by atoms with Crippen molar-refractivity contribution in [3.05, 3.63) is 59.4 Å². The van der Waals surface area contributed by atoms with Crippen LogP contribution in [0.2, 0.25) is 0 Å². The van der Waals surface area contributed by atoms with Crippen molar-refractivity contribution in [1.82, 2.24) is 9.55 Å². The molecular weight excluding hydrogens is 304 g/mol. The average molecular weight is 324 g/mol. The molecule has 0 unspecified atom stereocenters. The molecule has 0 spiro atoms. The molecule has 124 valence electrons. The molecule has 5 nitrogen and oxygen atoms in total. The Morgan fingerprint density at radius 2 is 1.92 bits per heavy atom. The fraction of sp³-hybridized carbons (Fsp3) is 0.263. The molecule has 2 aromatic carbocycles. The first-order valence-electron chi connectivity index (χ1n) is 7.89. The minimum Gasteiger partial charge on any atom is -0.486 e. The molecule has 0 aliphatic heterocycles. The van der Waals surface area contributed by atoms with Gasteiger partial charge in [-0.1, -0.05) is 17.7 Å². The van der Waals surface area contributed by atoms with Crippen molar-refractivity contribution in [2.24, 2.45) is 0 Å². The van der Waals surface area contributed by atoms with Crippen molar-refractivity contribution >= 4 is 17.0 Å². The largest absolute Gasteiger partial charge is 0.486 e. The average Bonchev–Trinajstić information content (AvgIpc) is 2.91. The van der Waals surface area contributed by atoms with Crippen molar-refractivity contribution in [3.8, 4) is 5.75 Å². The summed E-state index contributed by atoms with van der Waals surface area (Å²) in [7, 11) is 0. The molecular formula is C19H20N2O3. The second kappa shape index (κ2) is 6.35. The smallest absolute Gasteiger partial charge is 0.335 e. The normalized spacial score (nSPS) is 11.2. The van der Waals surface area contributed by atoms with Crippen LogP contribution in [0, 0.1) is 6.92 Å². The summed E-state index contributed by atoms with van der Waals surface area (Å²) in [5.41, 5.74) is 3.00. The molecule has 0 aliphatic carbocycles. The Morgan fingerprint density at radius 3 is 2.54 bits per heavy atom. The van der Waals surface area contributed by atoms with Crippen molar-refractivity contribution in [2.75, 3.05) is 0 Å². The molecule has 1 heterocycles. The lowest BCUT2D eigenvalue weighted by atomic mass is 10.2. The molecule has 0 amide bonds. The number of fused-ring (bicyclic) bond motifs is 1. The van der Waals surface area contributed by atoms with Crippen LogP contribution in [-0.4, -0.2) is 20.6 Å². The molecule has 0 radical (unpaired) electrons. The number of aromatic carboxylic acids is 1. The van der Waals surface area contributed by atoms with Crippen LogP contribution >= 0.6 is 0 Å². The van der Waals surface area contributed by atoms with E-state index in [4.69, 9.17) is 9.84 Å². The number of aromatic nitrogens is 2. The first-order valence-corrected chi connectivity index (χ1v) is 7.89. The van der Waals surface area contributed by atoms with E-state index < -0.39 is 5.97 Å². The van der Waals surface area contributed by atoms with Gasteiger partial charge in [-0.25, -0.2) is 9.78 Å². The predicted octanol–water partition coefficient (Wildman–Crippen LogP) is 4.20. The standard InChI is InChI=1S/C19H20N2O3/c1-12(2)21-17-9-6-14(19(22)23)10-16(17)20-18(21)11-24-15-7-4-13(3)5-8-15/h4-10,12H,11H2,1-3H3,(H,22,23). The Kier molecular flexibility index (Phi) is 4.25.